The van der Waals surface area contributed by atoms with Crippen LogP contribution < -0.4 is 4.74 Å². The number of amides is 1. The summed E-state index contributed by atoms with van der Waals surface area (Å²) in [6, 6.07) is 8.88. The molecular formula is C21H32N2O3. The first-order chi connectivity index (χ1) is 12.6. The first-order valence-electron chi connectivity index (χ1n) is 9.81. The van der Waals surface area contributed by atoms with Crippen molar-refractivity contribution in [3.63, 3.8) is 0 Å². The Kier molecular flexibility index (Phi) is 6.54. The number of rotatable bonds is 7. The monoisotopic (exact) mass is 360 g/mol. The summed E-state index contributed by atoms with van der Waals surface area (Å²) in [5, 5.41) is 0. The van der Waals surface area contributed by atoms with Gasteiger partial charge in [-0.1, -0.05) is 26.0 Å². The SMILES string of the molecule is COc1cccc(CC(=O)N2CC(N(CC(C)C)C3CCOCC3)C2)c1. The predicted molar refractivity (Wildman–Crippen MR) is 102 cm³/mol. The van der Waals surface area contributed by atoms with Crippen molar-refractivity contribution in [2.75, 3.05) is 40.0 Å². The van der Waals surface area contributed by atoms with E-state index in [0.29, 0.717) is 24.4 Å². The van der Waals surface area contributed by atoms with E-state index < -0.39 is 0 Å². The molecule has 0 saturated carbocycles. The molecule has 0 unspecified atom stereocenters. The normalized spacial score (nSPS) is 19.0. The minimum Gasteiger partial charge on any atom is -0.497 e. The Hall–Kier alpha value is -1.59. The average molecular weight is 360 g/mol. The lowest BCUT2D eigenvalue weighted by Crippen LogP contribution is -2.64. The number of likely N-dealkylation sites (tertiary alicyclic amines) is 1. The van der Waals surface area contributed by atoms with Crippen molar-refractivity contribution in [3.8, 4) is 5.75 Å². The second kappa shape index (κ2) is 8.87. The molecule has 3 rings (SSSR count). The lowest BCUT2D eigenvalue weighted by Gasteiger charge is -2.49. The van der Waals surface area contributed by atoms with E-state index in [1.807, 2.05) is 29.2 Å². The third kappa shape index (κ3) is 4.77. The van der Waals surface area contributed by atoms with E-state index >= 15 is 0 Å². The van der Waals surface area contributed by atoms with Crippen molar-refractivity contribution >= 4 is 5.91 Å². The zero-order valence-electron chi connectivity index (χ0n) is 16.3. The van der Waals surface area contributed by atoms with Gasteiger partial charge in [0.2, 0.25) is 5.91 Å². The van der Waals surface area contributed by atoms with E-state index in [1.54, 1.807) is 7.11 Å². The number of hydrogen-bond donors (Lipinski definition) is 0. The molecule has 2 heterocycles. The highest BCUT2D eigenvalue weighted by Gasteiger charge is 2.38. The lowest BCUT2D eigenvalue weighted by molar-refractivity contribution is -0.139. The molecule has 5 nitrogen and oxygen atoms in total. The molecule has 2 aliphatic rings. The van der Waals surface area contributed by atoms with Crippen LogP contribution in [0.15, 0.2) is 24.3 Å². The number of methoxy groups -OCH3 is 1. The van der Waals surface area contributed by atoms with E-state index in [1.165, 1.54) is 0 Å². The van der Waals surface area contributed by atoms with Crippen LogP contribution in [0.2, 0.25) is 0 Å². The highest BCUT2D eigenvalue weighted by Crippen LogP contribution is 2.25. The average Bonchev–Trinajstić information content (AvgIpc) is 2.60. The molecule has 0 atom stereocenters. The molecule has 1 aromatic rings. The Morgan fingerprint density at radius 2 is 2.00 bits per heavy atom. The smallest absolute Gasteiger partial charge is 0.227 e. The fourth-order valence-electron chi connectivity index (χ4n) is 3.97. The molecule has 2 aliphatic heterocycles. The molecule has 0 aromatic heterocycles. The van der Waals surface area contributed by atoms with Crippen LogP contribution in [0.25, 0.3) is 0 Å². The van der Waals surface area contributed by atoms with Gasteiger partial charge in [-0.25, -0.2) is 0 Å². The number of carbonyl (C=O) groups is 1. The summed E-state index contributed by atoms with van der Waals surface area (Å²) in [4.78, 5) is 17.2. The van der Waals surface area contributed by atoms with Crippen LogP contribution in [0, 0.1) is 5.92 Å². The Bertz CT molecular complexity index is 593. The van der Waals surface area contributed by atoms with Crippen molar-refractivity contribution in [2.45, 2.75) is 45.2 Å². The summed E-state index contributed by atoms with van der Waals surface area (Å²) >= 11 is 0. The van der Waals surface area contributed by atoms with Gasteiger partial charge in [-0.3, -0.25) is 9.69 Å². The molecule has 2 fully saturated rings. The first-order valence-corrected chi connectivity index (χ1v) is 9.81. The van der Waals surface area contributed by atoms with Gasteiger partial charge < -0.3 is 14.4 Å². The maximum absolute atomic E-state index is 12.6. The molecule has 0 spiro atoms. The molecule has 1 aromatic carbocycles. The zero-order valence-corrected chi connectivity index (χ0v) is 16.3. The van der Waals surface area contributed by atoms with Gasteiger partial charge in [-0.2, -0.15) is 0 Å². The highest BCUT2D eigenvalue weighted by molar-refractivity contribution is 5.79. The zero-order chi connectivity index (χ0) is 18.5. The Labute approximate surface area is 157 Å². The number of carbonyl (C=O) groups excluding carboxylic acids is 1. The second-order valence-corrected chi connectivity index (χ2v) is 7.92. The molecule has 0 aliphatic carbocycles. The third-order valence-electron chi connectivity index (χ3n) is 5.41. The molecule has 144 valence electrons. The highest BCUT2D eigenvalue weighted by atomic mass is 16.5. The van der Waals surface area contributed by atoms with Crippen molar-refractivity contribution in [2.24, 2.45) is 5.92 Å². The van der Waals surface area contributed by atoms with Gasteiger partial charge >= 0.3 is 0 Å². The third-order valence-corrected chi connectivity index (χ3v) is 5.41. The molecule has 26 heavy (non-hydrogen) atoms. The van der Waals surface area contributed by atoms with Crippen LogP contribution in [-0.4, -0.2) is 67.7 Å². The van der Waals surface area contributed by atoms with Crippen molar-refractivity contribution in [1.82, 2.24) is 9.80 Å². The fraction of sp³-hybridized carbons (Fsp3) is 0.667. The minimum atomic E-state index is 0.214. The maximum atomic E-state index is 12.6. The summed E-state index contributed by atoms with van der Waals surface area (Å²) in [7, 11) is 1.65. The molecule has 5 heteroatoms. The summed E-state index contributed by atoms with van der Waals surface area (Å²) in [6.07, 6.45) is 2.67. The van der Waals surface area contributed by atoms with E-state index in [4.69, 9.17) is 9.47 Å². The number of hydrogen-bond acceptors (Lipinski definition) is 4. The standard InChI is InChI=1S/C21H32N2O3/c1-16(2)13-23(18-7-9-26-10-8-18)19-14-22(15-19)21(24)12-17-5-4-6-20(11-17)25-3/h4-6,11,16,18-19H,7-10,12-15H2,1-3H3. The van der Waals surface area contributed by atoms with E-state index in [9.17, 15) is 4.79 Å². The Morgan fingerprint density at radius 3 is 2.65 bits per heavy atom. The van der Waals surface area contributed by atoms with Crippen LogP contribution in [0.1, 0.15) is 32.3 Å². The molecule has 0 radical (unpaired) electrons. The van der Waals surface area contributed by atoms with Crippen molar-refractivity contribution < 1.29 is 14.3 Å². The van der Waals surface area contributed by atoms with Crippen LogP contribution in [-0.2, 0) is 16.0 Å². The van der Waals surface area contributed by atoms with Gasteiger partial charge in [0.1, 0.15) is 5.75 Å². The minimum absolute atomic E-state index is 0.214. The topological polar surface area (TPSA) is 42.0 Å². The van der Waals surface area contributed by atoms with Crippen LogP contribution in [0.5, 0.6) is 5.75 Å². The van der Waals surface area contributed by atoms with Gasteiger partial charge in [-0.05, 0) is 36.5 Å². The number of nitrogens with zero attached hydrogens (tertiary/aromatic N) is 2. The fourth-order valence-corrected chi connectivity index (χ4v) is 3.97. The Balaban J connectivity index is 1.54. The second-order valence-electron chi connectivity index (χ2n) is 7.92. The van der Waals surface area contributed by atoms with Crippen molar-refractivity contribution in [3.05, 3.63) is 29.8 Å². The largest absolute Gasteiger partial charge is 0.497 e. The Morgan fingerprint density at radius 1 is 1.27 bits per heavy atom. The van der Waals surface area contributed by atoms with Crippen LogP contribution in [0.3, 0.4) is 0 Å². The summed E-state index contributed by atoms with van der Waals surface area (Å²) < 4.78 is 10.8. The number of benzene rings is 1. The molecule has 1 amide bonds. The molecule has 2 saturated heterocycles. The summed E-state index contributed by atoms with van der Waals surface area (Å²) in [6.45, 7) is 9.09. The molecule has 0 bridgehead atoms. The first kappa shape index (κ1) is 19.2. The number of ether oxygens (including phenoxy) is 2. The van der Waals surface area contributed by atoms with Gasteiger partial charge in [0.25, 0.3) is 0 Å². The molecular weight excluding hydrogens is 328 g/mol. The van der Waals surface area contributed by atoms with Crippen molar-refractivity contribution in [1.29, 1.82) is 0 Å². The summed E-state index contributed by atoms with van der Waals surface area (Å²) in [5.41, 5.74) is 1.02. The quantitative estimate of drug-likeness (QED) is 0.750. The maximum Gasteiger partial charge on any atom is 0.227 e. The van der Waals surface area contributed by atoms with Gasteiger partial charge in [-0.15, -0.1) is 0 Å². The van der Waals surface area contributed by atoms with Gasteiger partial charge in [0, 0.05) is 44.9 Å². The van der Waals surface area contributed by atoms with Crippen LogP contribution in [0.4, 0.5) is 0 Å². The molecule has 0 N–H and O–H groups in total. The van der Waals surface area contributed by atoms with E-state index in [2.05, 4.69) is 18.7 Å². The van der Waals surface area contributed by atoms with Gasteiger partial charge in [0.05, 0.1) is 13.5 Å². The predicted octanol–water partition coefficient (Wildman–Crippen LogP) is 2.59. The van der Waals surface area contributed by atoms with Crippen LogP contribution >= 0.6 is 0 Å². The van der Waals surface area contributed by atoms with E-state index in [0.717, 1.165) is 57.0 Å². The van der Waals surface area contributed by atoms with Gasteiger partial charge in [0.15, 0.2) is 0 Å². The lowest BCUT2D eigenvalue weighted by atomic mass is 9.97. The summed E-state index contributed by atoms with van der Waals surface area (Å²) in [5.74, 6) is 1.66. The van der Waals surface area contributed by atoms with E-state index in [-0.39, 0.29) is 5.91 Å².